The molecule has 5 rings (SSSR count). The number of aryl methyl sites for hydroxylation is 2. The Balaban J connectivity index is 1.54. The number of nitrogens with zero attached hydrogens (tertiary/aromatic N) is 6. The average molecular weight is 510 g/mol. The van der Waals surface area contributed by atoms with Crippen LogP contribution in [-0.4, -0.2) is 56.6 Å². The molecule has 0 spiro atoms. The first kappa shape index (κ1) is 24.8. The fourth-order valence-corrected chi connectivity index (χ4v) is 4.48. The van der Waals surface area contributed by atoms with Crippen molar-refractivity contribution in [2.24, 2.45) is 0 Å². The maximum Gasteiger partial charge on any atom is 0.262 e. The van der Waals surface area contributed by atoms with Gasteiger partial charge in [-0.2, -0.15) is 14.6 Å². The zero-order valence-electron chi connectivity index (χ0n) is 21.5. The molecule has 3 aromatic heterocycles. The summed E-state index contributed by atoms with van der Waals surface area (Å²) < 4.78 is 38.2. The normalized spacial score (nSPS) is 14.4. The highest BCUT2D eigenvalue weighted by Gasteiger charge is 2.25. The van der Waals surface area contributed by atoms with Crippen molar-refractivity contribution in [3.63, 3.8) is 0 Å². The topological polar surface area (TPSA) is 89.6 Å². The molecule has 0 saturated carbocycles. The molecule has 9 nitrogen and oxygen atoms in total. The van der Waals surface area contributed by atoms with E-state index in [2.05, 4.69) is 25.4 Å². The van der Waals surface area contributed by atoms with Gasteiger partial charge >= 0.3 is 0 Å². The van der Waals surface area contributed by atoms with E-state index >= 15 is 0 Å². The van der Waals surface area contributed by atoms with Crippen molar-refractivity contribution in [2.75, 3.05) is 36.5 Å². The third kappa shape index (κ3) is 4.66. The van der Waals surface area contributed by atoms with Gasteiger partial charge in [-0.25, -0.2) is 18.6 Å². The van der Waals surface area contributed by atoms with Crippen LogP contribution in [0.1, 0.15) is 42.5 Å². The molecular formula is C26H29F2N7O2. The molecule has 4 aromatic rings. The van der Waals surface area contributed by atoms with E-state index in [0.29, 0.717) is 43.3 Å². The van der Waals surface area contributed by atoms with Crippen molar-refractivity contribution in [3.8, 4) is 11.1 Å². The number of carbonyl (C=O) groups is 1. The van der Waals surface area contributed by atoms with E-state index in [0.717, 1.165) is 27.8 Å². The second kappa shape index (κ2) is 9.22. The number of pyridine rings is 1. The lowest BCUT2D eigenvalue weighted by Gasteiger charge is -2.29. The standard InChI is InChI=1S/C26H29F2N7O2/c1-15-10-20(27)21(31-25(36)19-13-29-35(23(19)28)26(3,4)5)12-18(15)17-11-22(33-6-8-37-9-7-33)24-30-16(2)32-34(24)14-17/h10-14H,6-9H2,1-5H3,(H,31,36). The molecule has 0 atom stereocenters. The number of benzene rings is 1. The third-order valence-corrected chi connectivity index (χ3v) is 6.34. The SMILES string of the molecule is Cc1nc2c(N3CCOCC3)cc(-c3cc(NC(=O)c4cnn(C(C)(C)C)c4F)c(F)cc3C)cn2n1. The number of carbonyl (C=O) groups excluding carboxylic acids is 1. The molecule has 0 radical (unpaired) electrons. The van der Waals surface area contributed by atoms with Crippen molar-refractivity contribution in [1.82, 2.24) is 24.4 Å². The molecule has 194 valence electrons. The number of morpholine rings is 1. The Morgan fingerprint density at radius 2 is 1.84 bits per heavy atom. The fraction of sp³-hybridized carbons (Fsp3) is 0.385. The van der Waals surface area contributed by atoms with E-state index < -0.39 is 23.2 Å². The van der Waals surface area contributed by atoms with E-state index in [4.69, 9.17) is 4.74 Å². The highest BCUT2D eigenvalue weighted by Crippen LogP contribution is 2.33. The van der Waals surface area contributed by atoms with Gasteiger partial charge in [-0.15, -0.1) is 0 Å². The molecule has 11 heteroatoms. The Kier molecular flexibility index (Phi) is 6.18. The molecule has 1 amide bonds. The Labute approximate surface area is 213 Å². The zero-order chi connectivity index (χ0) is 26.5. The van der Waals surface area contributed by atoms with E-state index in [1.165, 1.54) is 6.07 Å². The molecule has 1 aromatic carbocycles. The zero-order valence-corrected chi connectivity index (χ0v) is 21.5. The summed E-state index contributed by atoms with van der Waals surface area (Å²) in [4.78, 5) is 19.7. The number of hydrogen-bond acceptors (Lipinski definition) is 6. The van der Waals surface area contributed by atoms with Gasteiger partial charge in [-0.05, 0) is 63.9 Å². The number of aromatic nitrogens is 5. The Morgan fingerprint density at radius 3 is 2.51 bits per heavy atom. The van der Waals surface area contributed by atoms with Crippen molar-refractivity contribution in [1.29, 1.82) is 0 Å². The lowest BCUT2D eigenvalue weighted by molar-refractivity contribution is 0.102. The van der Waals surface area contributed by atoms with Crippen LogP contribution in [0.5, 0.6) is 0 Å². The van der Waals surface area contributed by atoms with Crippen molar-refractivity contribution >= 4 is 22.9 Å². The first-order valence-electron chi connectivity index (χ1n) is 12.1. The van der Waals surface area contributed by atoms with Gasteiger partial charge < -0.3 is 15.0 Å². The lowest BCUT2D eigenvalue weighted by Crippen LogP contribution is -2.36. The third-order valence-electron chi connectivity index (χ3n) is 6.34. The summed E-state index contributed by atoms with van der Waals surface area (Å²) in [6.45, 7) is 11.6. The molecule has 0 unspecified atom stereocenters. The second-order valence-corrected chi connectivity index (χ2v) is 10.2. The first-order chi connectivity index (χ1) is 17.5. The van der Waals surface area contributed by atoms with Gasteiger partial charge in [0.2, 0.25) is 5.95 Å². The van der Waals surface area contributed by atoms with Crippen LogP contribution in [0.3, 0.4) is 0 Å². The van der Waals surface area contributed by atoms with E-state index in [1.807, 2.05) is 19.2 Å². The minimum Gasteiger partial charge on any atom is -0.378 e. The van der Waals surface area contributed by atoms with E-state index in [9.17, 15) is 13.6 Å². The molecule has 4 heterocycles. The molecule has 1 aliphatic rings. The predicted octanol–water partition coefficient (Wildman–Crippen LogP) is 4.33. The Hall–Kier alpha value is -3.86. The molecule has 0 aliphatic carbocycles. The van der Waals surface area contributed by atoms with Gasteiger partial charge in [-0.1, -0.05) is 0 Å². The predicted molar refractivity (Wildman–Crippen MR) is 136 cm³/mol. The van der Waals surface area contributed by atoms with E-state index in [1.54, 1.807) is 38.3 Å². The molecule has 0 bridgehead atoms. The van der Waals surface area contributed by atoms with Crippen molar-refractivity contribution < 1.29 is 18.3 Å². The molecule has 1 saturated heterocycles. The van der Waals surface area contributed by atoms with Crippen LogP contribution in [0.15, 0.2) is 30.6 Å². The summed E-state index contributed by atoms with van der Waals surface area (Å²) in [6, 6.07) is 4.90. The van der Waals surface area contributed by atoms with Crippen LogP contribution in [0.4, 0.5) is 20.2 Å². The van der Waals surface area contributed by atoms with Crippen LogP contribution in [-0.2, 0) is 10.3 Å². The highest BCUT2D eigenvalue weighted by molar-refractivity contribution is 6.04. The number of fused-ring (bicyclic) bond motifs is 1. The van der Waals surface area contributed by atoms with Crippen LogP contribution < -0.4 is 10.2 Å². The van der Waals surface area contributed by atoms with Crippen LogP contribution in [0.2, 0.25) is 0 Å². The van der Waals surface area contributed by atoms with Crippen LogP contribution >= 0.6 is 0 Å². The highest BCUT2D eigenvalue weighted by atomic mass is 19.1. The number of amides is 1. The lowest BCUT2D eigenvalue weighted by atomic mass is 10.00. The summed E-state index contributed by atoms with van der Waals surface area (Å²) in [7, 11) is 0. The molecule has 1 N–H and O–H groups in total. The van der Waals surface area contributed by atoms with Gasteiger partial charge in [0, 0.05) is 24.8 Å². The van der Waals surface area contributed by atoms with Gasteiger partial charge in [0.15, 0.2) is 5.65 Å². The van der Waals surface area contributed by atoms with E-state index in [-0.39, 0.29) is 11.3 Å². The average Bonchev–Trinajstić information content (AvgIpc) is 3.42. The Bertz CT molecular complexity index is 1500. The fourth-order valence-electron chi connectivity index (χ4n) is 4.48. The summed E-state index contributed by atoms with van der Waals surface area (Å²) in [6.07, 6.45) is 2.98. The van der Waals surface area contributed by atoms with Crippen LogP contribution in [0, 0.1) is 25.6 Å². The number of halogens is 2. The monoisotopic (exact) mass is 509 g/mol. The molecule has 37 heavy (non-hydrogen) atoms. The quantitative estimate of drug-likeness (QED) is 0.441. The minimum absolute atomic E-state index is 0.0590. The summed E-state index contributed by atoms with van der Waals surface area (Å²) in [5.74, 6) is -1.55. The number of ether oxygens (including phenoxy) is 1. The van der Waals surface area contributed by atoms with Crippen molar-refractivity contribution in [3.05, 3.63) is 59.3 Å². The number of anilines is 2. The van der Waals surface area contributed by atoms with Gasteiger partial charge in [0.1, 0.15) is 17.2 Å². The molecule has 1 aliphatic heterocycles. The smallest absolute Gasteiger partial charge is 0.262 e. The van der Waals surface area contributed by atoms with Crippen LogP contribution in [0.25, 0.3) is 16.8 Å². The molecular weight excluding hydrogens is 480 g/mol. The maximum atomic E-state index is 15.0. The number of nitrogens with one attached hydrogen (secondary N) is 1. The summed E-state index contributed by atoms with van der Waals surface area (Å²) >= 11 is 0. The Morgan fingerprint density at radius 1 is 1.11 bits per heavy atom. The van der Waals surface area contributed by atoms with Gasteiger partial charge in [0.05, 0.1) is 36.3 Å². The summed E-state index contributed by atoms with van der Waals surface area (Å²) in [5.41, 5.74) is 2.80. The molecule has 1 fully saturated rings. The van der Waals surface area contributed by atoms with Gasteiger partial charge in [-0.3, -0.25) is 4.79 Å². The minimum atomic E-state index is -0.780. The largest absolute Gasteiger partial charge is 0.378 e. The number of rotatable bonds is 4. The van der Waals surface area contributed by atoms with Gasteiger partial charge in [0.25, 0.3) is 5.91 Å². The first-order valence-corrected chi connectivity index (χ1v) is 12.1. The maximum absolute atomic E-state index is 15.0. The van der Waals surface area contributed by atoms with Crippen molar-refractivity contribution in [2.45, 2.75) is 40.2 Å². The second-order valence-electron chi connectivity index (χ2n) is 10.2. The summed E-state index contributed by atoms with van der Waals surface area (Å²) in [5, 5.41) is 11.0. The number of hydrogen-bond donors (Lipinski definition) is 1.